The highest BCUT2D eigenvalue weighted by molar-refractivity contribution is 7.90. The molecule has 0 saturated carbocycles. The number of sulfone groups is 1. The fourth-order valence-corrected chi connectivity index (χ4v) is 3.35. The second kappa shape index (κ2) is 6.66. The third kappa shape index (κ3) is 3.95. The Bertz CT molecular complexity index is 940. The van der Waals surface area contributed by atoms with Crippen molar-refractivity contribution in [2.75, 3.05) is 11.6 Å². The van der Waals surface area contributed by atoms with Crippen LogP contribution in [0.5, 0.6) is 0 Å². The summed E-state index contributed by atoms with van der Waals surface area (Å²) in [5.74, 6) is -0.0808. The Morgan fingerprint density at radius 2 is 1.92 bits per heavy atom. The van der Waals surface area contributed by atoms with E-state index < -0.39 is 15.8 Å². The van der Waals surface area contributed by atoms with E-state index in [0.717, 1.165) is 11.1 Å². The molecule has 0 atom stereocenters. The van der Waals surface area contributed by atoms with Gasteiger partial charge in [0, 0.05) is 22.8 Å². The molecule has 24 heavy (non-hydrogen) atoms. The van der Waals surface area contributed by atoms with E-state index in [2.05, 4.69) is 15.3 Å². The van der Waals surface area contributed by atoms with E-state index in [-0.39, 0.29) is 10.7 Å². The van der Waals surface area contributed by atoms with Gasteiger partial charge in [-0.1, -0.05) is 6.07 Å². The molecule has 0 aliphatic carbocycles. The molecule has 0 saturated heterocycles. The molecule has 0 spiro atoms. The van der Waals surface area contributed by atoms with Crippen LogP contribution in [-0.2, 0) is 16.4 Å². The Morgan fingerprint density at radius 3 is 2.54 bits per heavy atom. The largest absolute Gasteiger partial charge is 0.365 e. The maximum atomic E-state index is 13.8. The lowest BCUT2D eigenvalue weighted by molar-refractivity contribution is 0.582. The minimum atomic E-state index is -3.28. The van der Waals surface area contributed by atoms with E-state index in [0.29, 0.717) is 17.9 Å². The van der Waals surface area contributed by atoms with E-state index in [4.69, 9.17) is 0 Å². The summed E-state index contributed by atoms with van der Waals surface area (Å²) in [5.41, 5.74) is 0.543. The summed E-state index contributed by atoms with van der Waals surface area (Å²) < 4.78 is 36.7. The van der Waals surface area contributed by atoms with Crippen LogP contribution in [0.3, 0.4) is 0 Å². The lowest BCUT2D eigenvalue weighted by atomic mass is 10.2. The van der Waals surface area contributed by atoms with Crippen molar-refractivity contribution in [1.29, 1.82) is 0 Å². The number of hydrogen-bond donors (Lipinski definition) is 1. The van der Waals surface area contributed by atoms with Gasteiger partial charge in [-0.2, -0.15) is 9.37 Å². The molecule has 1 N–H and O–H groups in total. The number of rotatable bonds is 5. The number of nitrogens with one attached hydrogen (secondary N) is 1. The molecule has 0 aliphatic rings. The van der Waals surface area contributed by atoms with Crippen molar-refractivity contribution in [3.63, 3.8) is 0 Å². The first-order chi connectivity index (χ1) is 11.4. The third-order valence-electron chi connectivity index (χ3n) is 3.26. The van der Waals surface area contributed by atoms with Gasteiger partial charge in [0.25, 0.3) is 0 Å². The molecular formula is C16H14FN3O2S2. The molecule has 0 bridgehead atoms. The Labute approximate surface area is 143 Å². The van der Waals surface area contributed by atoms with Crippen molar-refractivity contribution < 1.29 is 12.8 Å². The maximum absolute atomic E-state index is 13.8. The Kier molecular flexibility index (Phi) is 4.59. The Morgan fingerprint density at radius 1 is 1.17 bits per heavy atom. The van der Waals surface area contributed by atoms with Crippen molar-refractivity contribution in [1.82, 2.24) is 9.97 Å². The molecule has 0 radical (unpaired) electrons. The summed E-state index contributed by atoms with van der Waals surface area (Å²) in [6, 6.07) is 11.2. The van der Waals surface area contributed by atoms with E-state index in [1.54, 1.807) is 23.5 Å². The van der Waals surface area contributed by atoms with Gasteiger partial charge in [0.15, 0.2) is 15.7 Å². The minimum Gasteiger partial charge on any atom is -0.365 e. The predicted molar refractivity (Wildman–Crippen MR) is 92.2 cm³/mol. The molecule has 3 rings (SSSR count). The molecule has 8 heteroatoms. The van der Waals surface area contributed by atoms with Crippen molar-refractivity contribution in [3.05, 3.63) is 58.7 Å². The zero-order valence-electron chi connectivity index (χ0n) is 12.7. The van der Waals surface area contributed by atoms with E-state index in [9.17, 15) is 12.8 Å². The fourth-order valence-electron chi connectivity index (χ4n) is 2.08. The molecule has 1 aromatic carbocycles. The maximum Gasteiger partial charge on any atom is 0.218 e. The quantitative estimate of drug-likeness (QED) is 0.705. The van der Waals surface area contributed by atoms with Gasteiger partial charge in [0.1, 0.15) is 5.82 Å². The second-order valence-electron chi connectivity index (χ2n) is 5.13. The number of benzene rings is 1. The molecule has 2 heterocycles. The summed E-state index contributed by atoms with van der Waals surface area (Å²) in [6.45, 7) is 0.542. The smallest absolute Gasteiger partial charge is 0.218 e. The number of nitrogens with zero attached hydrogens (tertiary/aromatic N) is 2. The highest BCUT2D eigenvalue weighted by Gasteiger charge is 2.10. The first-order valence-electron chi connectivity index (χ1n) is 7.03. The van der Waals surface area contributed by atoms with Crippen molar-refractivity contribution >= 4 is 27.0 Å². The molecule has 0 fully saturated rings. The third-order valence-corrected chi connectivity index (χ3v) is 5.26. The fraction of sp³-hybridized carbons (Fsp3) is 0.125. The van der Waals surface area contributed by atoms with Crippen molar-refractivity contribution in [2.45, 2.75) is 11.4 Å². The van der Waals surface area contributed by atoms with Crippen LogP contribution in [0.1, 0.15) is 4.88 Å². The van der Waals surface area contributed by atoms with Gasteiger partial charge in [-0.15, -0.1) is 11.3 Å². The topological polar surface area (TPSA) is 72.0 Å². The van der Waals surface area contributed by atoms with Gasteiger partial charge in [0.05, 0.1) is 11.4 Å². The molecule has 0 unspecified atom stereocenters. The summed E-state index contributed by atoms with van der Waals surface area (Å²) in [5, 5.41) is 5.02. The van der Waals surface area contributed by atoms with Crippen LogP contribution in [0.2, 0.25) is 0 Å². The van der Waals surface area contributed by atoms with Crippen LogP contribution < -0.4 is 5.32 Å². The standard InChI is InChI=1S/C16H14FN3O2S2/c1-24(21,22)13-6-4-11(5-7-13)16-19-14(17)9-15(20-16)18-10-12-3-2-8-23-12/h2-9H,10H2,1H3,(H,18,19,20)/i17-1. The molecular weight excluding hydrogens is 348 g/mol. The molecule has 0 amide bonds. The minimum absolute atomic E-state index is 0.193. The van der Waals surface area contributed by atoms with Gasteiger partial charge in [-0.05, 0) is 35.7 Å². The second-order valence-corrected chi connectivity index (χ2v) is 8.18. The lowest BCUT2D eigenvalue weighted by Crippen LogP contribution is -2.03. The molecule has 3 aromatic rings. The summed E-state index contributed by atoms with van der Waals surface area (Å²) >= 11 is 1.59. The number of hydrogen-bond acceptors (Lipinski definition) is 6. The first kappa shape index (κ1) is 16.5. The number of thiophene rings is 1. The van der Waals surface area contributed by atoms with Crippen molar-refractivity contribution in [3.8, 4) is 11.4 Å². The monoisotopic (exact) mass is 362 g/mol. The van der Waals surface area contributed by atoms with Crippen LogP contribution in [0.25, 0.3) is 11.4 Å². The summed E-state index contributed by atoms with van der Waals surface area (Å²) in [7, 11) is -3.28. The predicted octanol–water partition coefficient (Wildman–Crippen LogP) is 3.36. The van der Waals surface area contributed by atoms with Crippen molar-refractivity contribution in [2.24, 2.45) is 0 Å². The van der Waals surface area contributed by atoms with E-state index in [1.165, 1.54) is 18.2 Å². The zero-order chi connectivity index (χ0) is 17.2. The number of halogens is 1. The zero-order valence-corrected chi connectivity index (χ0v) is 14.4. The SMILES string of the molecule is CS(=O)(=O)c1ccc(-c2nc([18F])cc(NCc3cccs3)n2)cc1. The summed E-state index contributed by atoms with van der Waals surface area (Å²) in [6.07, 6.45) is 1.13. The Hall–Kier alpha value is -2.32. The van der Waals surface area contributed by atoms with Gasteiger partial charge in [-0.3, -0.25) is 0 Å². The molecule has 0 aliphatic heterocycles. The number of anilines is 1. The molecule has 2 aromatic heterocycles. The van der Waals surface area contributed by atoms with Crippen LogP contribution in [0.4, 0.5) is 10.2 Å². The van der Waals surface area contributed by atoms with E-state index >= 15 is 0 Å². The molecule has 124 valence electrons. The molecule has 5 nitrogen and oxygen atoms in total. The lowest BCUT2D eigenvalue weighted by Gasteiger charge is -2.07. The normalized spacial score (nSPS) is 11.4. The van der Waals surface area contributed by atoms with Gasteiger partial charge < -0.3 is 5.32 Å². The highest BCUT2D eigenvalue weighted by atomic mass is 32.2. The average Bonchev–Trinajstić information content (AvgIpc) is 3.05. The van der Waals surface area contributed by atoms with Gasteiger partial charge in [0.2, 0.25) is 5.95 Å². The van der Waals surface area contributed by atoms with Crippen LogP contribution in [0.15, 0.2) is 52.7 Å². The van der Waals surface area contributed by atoms with Crippen LogP contribution in [-0.4, -0.2) is 24.6 Å². The van der Waals surface area contributed by atoms with E-state index in [1.807, 2.05) is 17.5 Å². The van der Waals surface area contributed by atoms with Gasteiger partial charge in [-0.25, -0.2) is 13.4 Å². The Balaban J connectivity index is 1.85. The first-order valence-corrected chi connectivity index (χ1v) is 9.80. The summed E-state index contributed by atoms with van der Waals surface area (Å²) in [4.78, 5) is 9.36. The number of aromatic nitrogens is 2. The highest BCUT2D eigenvalue weighted by Crippen LogP contribution is 2.20. The van der Waals surface area contributed by atoms with Gasteiger partial charge >= 0.3 is 0 Å². The van der Waals surface area contributed by atoms with Crippen LogP contribution in [0, 0.1) is 5.95 Å². The van der Waals surface area contributed by atoms with Crippen LogP contribution >= 0.6 is 11.3 Å². The average molecular weight is 362 g/mol.